The predicted molar refractivity (Wildman–Crippen MR) is 95.1 cm³/mol. The number of rotatable bonds is 7. The number of esters is 1. The first-order valence-electron chi connectivity index (χ1n) is 7.65. The summed E-state index contributed by atoms with van der Waals surface area (Å²) in [6.45, 7) is 3.86. The van der Waals surface area contributed by atoms with Crippen LogP contribution in [0.5, 0.6) is 0 Å². The Bertz CT molecular complexity index is 662. The van der Waals surface area contributed by atoms with Gasteiger partial charge in [-0.1, -0.05) is 29.8 Å². The van der Waals surface area contributed by atoms with E-state index in [2.05, 4.69) is 26.0 Å². The van der Waals surface area contributed by atoms with E-state index in [1.54, 1.807) is 0 Å². The fourth-order valence-corrected chi connectivity index (χ4v) is 2.05. The maximum absolute atomic E-state index is 13.5. The lowest BCUT2D eigenvalue weighted by Gasteiger charge is -2.08. The van der Waals surface area contributed by atoms with Crippen LogP contribution in [-0.2, 0) is 14.3 Å². The summed E-state index contributed by atoms with van der Waals surface area (Å²) in [5.41, 5.74) is 0.195. The third-order valence-electron chi connectivity index (χ3n) is 2.96. The molecule has 2 N–H and O–H groups in total. The van der Waals surface area contributed by atoms with Gasteiger partial charge in [0.15, 0.2) is 6.61 Å². The number of benzene rings is 1. The zero-order chi connectivity index (χ0) is 18.8. The van der Waals surface area contributed by atoms with Gasteiger partial charge in [-0.15, -0.1) is 0 Å². The molecule has 0 aromatic heterocycles. The lowest BCUT2D eigenvalue weighted by atomic mass is 10.1. The molecule has 0 aliphatic heterocycles. The quantitative estimate of drug-likeness (QED) is 0.530. The number of hydrogen-bond donors (Lipinski definition) is 2. The number of imide groups is 1. The van der Waals surface area contributed by atoms with Crippen molar-refractivity contribution in [2.75, 3.05) is 13.2 Å². The van der Waals surface area contributed by atoms with Crippen LogP contribution in [0.15, 0.2) is 28.7 Å². The van der Waals surface area contributed by atoms with Crippen LogP contribution in [0.1, 0.15) is 25.8 Å². The molecular formula is C17H20BrFN2O4. The highest BCUT2D eigenvalue weighted by Gasteiger charge is 2.09. The summed E-state index contributed by atoms with van der Waals surface area (Å²) in [5, 5.41) is 4.56. The van der Waals surface area contributed by atoms with Crippen LogP contribution in [0.3, 0.4) is 0 Å². The van der Waals surface area contributed by atoms with E-state index in [0.29, 0.717) is 16.9 Å². The van der Waals surface area contributed by atoms with E-state index in [-0.39, 0.29) is 5.56 Å². The number of urea groups is 1. The van der Waals surface area contributed by atoms with Crippen LogP contribution in [0.25, 0.3) is 6.08 Å². The summed E-state index contributed by atoms with van der Waals surface area (Å²) in [4.78, 5) is 34.4. The Morgan fingerprint density at radius 1 is 1.32 bits per heavy atom. The van der Waals surface area contributed by atoms with Crippen molar-refractivity contribution in [3.8, 4) is 0 Å². The molecular weight excluding hydrogens is 395 g/mol. The van der Waals surface area contributed by atoms with E-state index in [0.717, 1.165) is 12.5 Å². The molecule has 0 fully saturated rings. The van der Waals surface area contributed by atoms with Crippen molar-refractivity contribution in [3.05, 3.63) is 40.1 Å². The largest absolute Gasteiger partial charge is 0.452 e. The zero-order valence-corrected chi connectivity index (χ0v) is 15.6. The van der Waals surface area contributed by atoms with Gasteiger partial charge in [-0.2, -0.15) is 0 Å². The number of carbonyl (C=O) groups excluding carboxylic acids is 3. The molecule has 136 valence electrons. The third-order valence-corrected chi connectivity index (χ3v) is 3.46. The second-order valence-electron chi connectivity index (χ2n) is 5.59. The maximum atomic E-state index is 13.5. The molecule has 0 unspecified atom stereocenters. The number of nitrogens with one attached hydrogen (secondary N) is 2. The van der Waals surface area contributed by atoms with Gasteiger partial charge in [0.2, 0.25) is 0 Å². The van der Waals surface area contributed by atoms with E-state index in [9.17, 15) is 18.8 Å². The molecule has 25 heavy (non-hydrogen) atoms. The summed E-state index contributed by atoms with van der Waals surface area (Å²) in [6, 6.07) is 3.63. The molecule has 0 spiro atoms. The SMILES string of the molecule is CC(C)CCNC(=O)NC(=O)COC(=O)/C=C/c1cc(Br)ccc1F. The molecule has 3 amide bonds. The highest BCUT2D eigenvalue weighted by atomic mass is 79.9. The summed E-state index contributed by atoms with van der Waals surface area (Å²) >= 11 is 3.19. The van der Waals surface area contributed by atoms with E-state index in [1.807, 2.05) is 19.2 Å². The molecule has 0 heterocycles. The average Bonchev–Trinajstić information content (AvgIpc) is 2.53. The second-order valence-corrected chi connectivity index (χ2v) is 6.51. The normalized spacial score (nSPS) is 10.8. The Hall–Kier alpha value is -2.22. The fraction of sp³-hybridized carbons (Fsp3) is 0.353. The smallest absolute Gasteiger partial charge is 0.331 e. The monoisotopic (exact) mass is 414 g/mol. The predicted octanol–water partition coefficient (Wildman–Crippen LogP) is 3.02. The van der Waals surface area contributed by atoms with Crippen LogP contribution in [0.2, 0.25) is 0 Å². The Morgan fingerprint density at radius 3 is 2.72 bits per heavy atom. The van der Waals surface area contributed by atoms with Gasteiger partial charge in [-0.05, 0) is 36.6 Å². The van der Waals surface area contributed by atoms with E-state index in [1.165, 1.54) is 24.3 Å². The van der Waals surface area contributed by atoms with Crippen molar-refractivity contribution < 1.29 is 23.5 Å². The Balaban J connectivity index is 2.35. The van der Waals surface area contributed by atoms with E-state index < -0.39 is 30.3 Å². The molecule has 0 radical (unpaired) electrons. The van der Waals surface area contributed by atoms with Crippen molar-refractivity contribution in [3.63, 3.8) is 0 Å². The van der Waals surface area contributed by atoms with Crippen LogP contribution >= 0.6 is 15.9 Å². The average molecular weight is 415 g/mol. The molecule has 0 atom stereocenters. The van der Waals surface area contributed by atoms with Gasteiger partial charge >= 0.3 is 12.0 Å². The summed E-state index contributed by atoms with van der Waals surface area (Å²) in [5.74, 6) is -1.64. The minimum absolute atomic E-state index is 0.195. The van der Waals surface area contributed by atoms with Crippen LogP contribution in [0, 0.1) is 11.7 Å². The summed E-state index contributed by atoms with van der Waals surface area (Å²) in [7, 11) is 0. The molecule has 8 heteroatoms. The van der Waals surface area contributed by atoms with Crippen molar-refractivity contribution in [1.29, 1.82) is 0 Å². The van der Waals surface area contributed by atoms with Crippen molar-refractivity contribution in [1.82, 2.24) is 10.6 Å². The molecule has 1 aromatic carbocycles. The van der Waals surface area contributed by atoms with Crippen molar-refractivity contribution in [2.24, 2.45) is 5.92 Å². The standard InChI is InChI=1S/C17H20BrFN2O4/c1-11(2)7-8-20-17(24)21-15(22)10-25-16(23)6-3-12-9-13(18)4-5-14(12)19/h3-6,9,11H,7-8,10H2,1-2H3,(H2,20,21,22,24)/b6-3+. The molecule has 0 aliphatic carbocycles. The van der Waals surface area contributed by atoms with Gasteiger partial charge in [0.05, 0.1) is 0 Å². The van der Waals surface area contributed by atoms with Crippen LogP contribution in [0.4, 0.5) is 9.18 Å². The van der Waals surface area contributed by atoms with Gasteiger partial charge in [0, 0.05) is 22.7 Å². The second kappa shape index (κ2) is 10.6. The number of carbonyl (C=O) groups is 3. The molecule has 0 saturated heterocycles. The van der Waals surface area contributed by atoms with E-state index in [4.69, 9.17) is 0 Å². The molecule has 1 rings (SSSR count). The van der Waals surface area contributed by atoms with Gasteiger partial charge in [-0.3, -0.25) is 10.1 Å². The Morgan fingerprint density at radius 2 is 2.04 bits per heavy atom. The molecule has 6 nitrogen and oxygen atoms in total. The zero-order valence-electron chi connectivity index (χ0n) is 14.0. The first kappa shape index (κ1) is 20.8. The molecule has 1 aromatic rings. The Labute approximate surface area is 153 Å². The summed E-state index contributed by atoms with van der Waals surface area (Å²) in [6.07, 6.45) is 3.02. The van der Waals surface area contributed by atoms with Gasteiger partial charge < -0.3 is 10.1 Å². The van der Waals surface area contributed by atoms with Gasteiger partial charge in [0.1, 0.15) is 5.82 Å². The number of hydrogen-bond acceptors (Lipinski definition) is 4. The highest BCUT2D eigenvalue weighted by Crippen LogP contribution is 2.16. The minimum atomic E-state index is -0.824. The topological polar surface area (TPSA) is 84.5 Å². The number of ether oxygens (including phenoxy) is 1. The fourth-order valence-electron chi connectivity index (χ4n) is 1.67. The summed E-state index contributed by atoms with van der Waals surface area (Å²) < 4.78 is 18.8. The lowest BCUT2D eigenvalue weighted by molar-refractivity contribution is -0.143. The first-order chi connectivity index (χ1) is 11.8. The molecule has 0 bridgehead atoms. The third kappa shape index (κ3) is 8.99. The molecule has 0 aliphatic rings. The minimum Gasteiger partial charge on any atom is -0.452 e. The number of amides is 3. The first-order valence-corrected chi connectivity index (χ1v) is 8.44. The molecule has 0 saturated carbocycles. The van der Waals surface area contributed by atoms with Crippen molar-refractivity contribution in [2.45, 2.75) is 20.3 Å². The number of halogens is 2. The van der Waals surface area contributed by atoms with Crippen LogP contribution in [-0.4, -0.2) is 31.1 Å². The van der Waals surface area contributed by atoms with Gasteiger partial charge in [0.25, 0.3) is 5.91 Å². The van der Waals surface area contributed by atoms with E-state index >= 15 is 0 Å². The van der Waals surface area contributed by atoms with Crippen molar-refractivity contribution >= 4 is 39.9 Å². The maximum Gasteiger partial charge on any atom is 0.331 e. The highest BCUT2D eigenvalue weighted by molar-refractivity contribution is 9.10. The Kier molecular flexibility index (Phi) is 8.83. The van der Waals surface area contributed by atoms with Crippen LogP contribution < -0.4 is 10.6 Å². The van der Waals surface area contributed by atoms with Gasteiger partial charge in [-0.25, -0.2) is 14.0 Å². The lowest BCUT2D eigenvalue weighted by Crippen LogP contribution is -2.41.